The Bertz CT molecular complexity index is 1230. The van der Waals surface area contributed by atoms with E-state index in [4.69, 9.17) is 0 Å². The van der Waals surface area contributed by atoms with Crippen LogP contribution in [-0.4, -0.2) is 30.6 Å². The van der Waals surface area contributed by atoms with Crippen LogP contribution in [0.2, 0.25) is 0 Å². The summed E-state index contributed by atoms with van der Waals surface area (Å²) in [7, 11) is 0. The number of rotatable bonds is 3. The molecule has 0 bridgehead atoms. The van der Waals surface area contributed by atoms with Crippen molar-refractivity contribution in [2.45, 2.75) is 25.3 Å². The normalized spacial score (nSPS) is 17.9. The van der Waals surface area contributed by atoms with Crippen LogP contribution < -0.4 is 5.32 Å². The van der Waals surface area contributed by atoms with E-state index in [9.17, 15) is 20.0 Å². The predicted octanol–water partition coefficient (Wildman–Crippen LogP) is 3.58. The molecular formula is C21H17N5O4. The van der Waals surface area contributed by atoms with Gasteiger partial charge in [-0.05, 0) is 30.5 Å². The number of non-ortho nitro benzene ring substituents is 1. The Balaban J connectivity index is 1.69. The third kappa shape index (κ3) is 2.91. The number of carbonyl (C=O) groups excluding carboxylic acids is 1. The van der Waals surface area contributed by atoms with Crippen molar-refractivity contribution in [3.63, 3.8) is 0 Å². The van der Waals surface area contributed by atoms with Crippen LogP contribution in [0.4, 0.5) is 11.6 Å². The maximum atomic E-state index is 12.8. The summed E-state index contributed by atoms with van der Waals surface area (Å²) in [6.45, 7) is 0. The average Bonchev–Trinajstić information content (AvgIpc) is 3.16. The number of phenolic OH excluding ortho intramolecular Hbond substituents is 1. The largest absolute Gasteiger partial charge is 0.508 e. The van der Waals surface area contributed by atoms with Crippen molar-refractivity contribution in [3.05, 3.63) is 75.5 Å². The van der Waals surface area contributed by atoms with E-state index in [1.165, 1.54) is 12.1 Å². The fraction of sp³-hybridized carbons (Fsp3) is 0.190. The van der Waals surface area contributed by atoms with Gasteiger partial charge in [0, 0.05) is 35.4 Å². The Morgan fingerprint density at radius 1 is 1.17 bits per heavy atom. The molecule has 1 aromatic heterocycles. The summed E-state index contributed by atoms with van der Waals surface area (Å²) < 4.78 is 1.60. The van der Waals surface area contributed by atoms with Crippen LogP contribution in [-0.2, 0) is 4.79 Å². The molecule has 1 aliphatic heterocycles. The monoisotopic (exact) mass is 403 g/mol. The molecule has 1 aliphatic carbocycles. The van der Waals surface area contributed by atoms with Gasteiger partial charge >= 0.3 is 0 Å². The number of nitro benzene ring substituents is 1. The first-order valence-corrected chi connectivity index (χ1v) is 9.55. The predicted molar refractivity (Wildman–Crippen MR) is 108 cm³/mol. The zero-order valence-corrected chi connectivity index (χ0v) is 15.8. The molecule has 1 unspecified atom stereocenters. The van der Waals surface area contributed by atoms with Crippen LogP contribution in [0, 0.1) is 10.1 Å². The second kappa shape index (κ2) is 6.80. The number of nitro groups is 1. The lowest BCUT2D eigenvalue weighted by atomic mass is 9.85. The molecule has 0 fully saturated rings. The standard InChI is InChI=1S/C21H17N5O4/c27-15-7-2-5-13(11-15)20-23-21-22-16-8-3-9-17(28)18(16)19(25(21)24-20)12-4-1-6-14(10-12)26(29)30/h1-2,4-7,10-11,19,27H,3,8-9H2,(H,22,23,24). The number of fused-ring (bicyclic) bond motifs is 1. The van der Waals surface area contributed by atoms with E-state index in [-0.39, 0.29) is 17.2 Å². The first kappa shape index (κ1) is 18.0. The summed E-state index contributed by atoms with van der Waals surface area (Å²) in [5.74, 6) is 0.936. The summed E-state index contributed by atoms with van der Waals surface area (Å²) in [6, 6.07) is 12.2. The zero-order chi connectivity index (χ0) is 20.8. The minimum Gasteiger partial charge on any atom is -0.508 e. The first-order chi connectivity index (χ1) is 14.5. The number of carbonyl (C=O) groups is 1. The van der Waals surface area contributed by atoms with Crippen molar-refractivity contribution in [2.24, 2.45) is 0 Å². The number of ketones is 1. The van der Waals surface area contributed by atoms with Gasteiger partial charge in [-0.1, -0.05) is 24.3 Å². The molecule has 0 saturated heterocycles. The Morgan fingerprint density at radius 3 is 2.80 bits per heavy atom. The van der Waals surface area contributed by atoms with E-state index in [0.29, 0.717) is 41.3 Å². The second-order valence-corrected chi connectivity index (χ2v) is 7.30. The highest BCUT2D eigenvalue weighted by molar-refractivity contribution is 5.99. The van der Waals surface area contributed by atoms with Crippen molar-refractivity contribution in [1.29, 1.82) is 0 Å². The van der Waals surface area contributed by atoms with Crippen LogP contribution in [0.5, 0.6) is 5.75 Å². The molecule has 0 saturated carbocycles. The smallest absolute Gasteiger partial charge is 0.269 e. The molecule has 1 atom stereocenters. The molecule has 9 nitrogen and oxygen atoms in total. The molecule has 150 valence electrons. The molecule has 2 aliphatic rings. The molecule has 5 rings (SSSR count). The van der Waals surface area contributed by atoms with Crippen molar-refractivity contribution in [2.75, 3.05) is 5.32 Å². The maximum Gasteiger partial charge on any atom is 0.269 e. The van der Waals surface area contributed by atoms with Gasteiger partial charge in [-0.3, -0.25) is 14.9 Å². The van der Waals surface area contributed by atoms with Gasteiger partial charge in [-0.25, -0.2) is 4.68 Å². The zero-order valence-electron chi connectivity index (χ0n) is 15.8. The van der Waals surface area contributed by atoms with Gasteiger partial charge in [0.1, 0.15) is 11.8 Å². The third-order valence-corrected chi connectivity index (χ3v) is 5.37. The number of hydrogen-bond acceptors (Lipinski definition) is 7. The number of aromatic nitrogens is 3. The molecule has 0 amide bonds. The minimum atomic E-state index is -0.609. The quantitative estimate of drug-likeness (QED) is 0.506. The van der Waals surface area contributed by atoms with Crippen LogP contribution >= 0.6 is 0 Å². The lowest BCUT2D eigenvalue weighted by Gasteiger charge is -2.32. The lowest BCUT2D eigenvalue weighted by molar-refractivity contribution is -0.384. The number of hydrogen-bond donors (Lipinski definition) is 2. The van der Waals surface area contributed by atoms with E-state index in [1.807, 2.05) is 0 Å². The summed E-state index contributed by atoms with van der Waals surface area (Å²) in [4.78, 5) is 28.2. The van der Waals surface area contributed by atoms with Gasteiger partial charge in [0.05, 0.1) is 4.92 Å². The van der Waals surface area contributed by atoms with Gasteiger partial charge in [-0.2, -0.15) is 4.98 Å². The number of allylic oxidation sites excluding steroid dienone is 2. The highest BCUT2D eigenvalue weighted by Crippen LogP contribution is 2.41. The Hall–Kier alpha value is -4.01. The number of Topliss-reactive ketones (excluding diaryl/α,β-unsaturated/α-hetero) is 1. The molecule has 2 aromatic carbocycles. The summed E-state index contributed by atoms with van der Waals surface area (Å²) in [5, 5.41) is 28.9. The van der Waals surface area contributed by atoms with Crippen molar-refractivity contribution in [1.82, 2.24) is 14.8 Å². The Labute approximate surface area is 170 Å². The molecule has 2 heterocycles. The number of nitrogens with one attached hydrogen (secondary N) is 1. The average molecular weight is 403 g/mol. The van der Waals surface area contributed by atoms with E-state index in [1.54, 1.807) is 41.1 Å². The second-order valence-electron chi connectivity index (χ2n) is 7.30. The maximum absolute atomic E-state index is 12.8. The van der Waals surface area contributed by atoms with E-state index < -0.39 is 11.0 Å². The van der Waals surface area contributed by atoms with Crippen LogP contribution in [0.1, 0.15) is 30.9 Å². The number of anilines is 1. The van der Waals surface area contributed by atoms with Gasteiger partial charge in [0.25, 0.3) is 5.69 Å². The van der Waals surface area contributed by atoms with Crippen molar-refractivity contribution in [3.8, 4) is 17.1 Å². The Kier molecular flexibility index (Phi) is 4.09. The molecule has 30 heavy (non-hydrogen) atoms. The fourth-order valence-corrected chi connectivity index (χ4v) is 4.04. The number of benzene rings is 2. The van der Waals surface area contributed by atoms with Crippen molar-refractivity contribution >= 4 is 17.4 Å². The van der Waals surface area contributed by atoms with Crippen LogP contribution in [0.3, 0.4) is 0 Å². The first-order valence-electron chi connectivity index (χ1n) is 9.55. The third-order valence-electron chi connectivity index (χ3n) is 5.37. The Morgan fingerprint density at radius 2 is 2.00 bits per heavy atom. The summed E-state index contributed by atoms with van der Waals surface area (Å²) >= 11 is 0. The molecule has 0 spiro atoms. The lowest BCUT2D eigenvalue weighted by Crippen LogP contribution is -2.31. The number of aromatic hydroxyl groups is 1. The van der Waals surface area contributed by atoms with Crippen molar-refractivity contribution < 1.29 is 14.8 Å². The molecule has 2 N–H and O–H groups in total. The molecular weight excluding hydrogens is 386 g/mol. The van der Waals surface area contributed by atoms with Gasteiger partial charge in [-0.15, -0.1) is 5.10 Å². The van der Waals surface area contributed by atoms with Gasteiger partial charge < -0.3 is 10.4 Å². The van der Waals surface area contributed by atoms with Crippen LogP contribution in [0.15, 0.2) is 59.8 Å². The summed E-state index contributed by atoms with van der Waals surface area (Å²) in [5.41, 5.74) is 2.53. The SMILES string of the molecule is O=C1CCCC2=C1C(c1cccc([N+](=O)[O-])c1)n1nc(-c3cccc(O)c3)nc1N2. The highest BCUT2D eigenvalue weighted by Gasteiger charge is 2.37. The number of nitrogens with zero attached hydrogens (tertiary/aromatic N) is 4. The van der Waals surface area contributed by atoms with Crippen LogP contribution in [0.25, 0.3) is 11.4 Å². The molecule has 9 heteroatoms. The topological polar surface area (TPSA) is 123 Å². The van der Waals surface area contributed by atoms with E-state index in [0.717, 1.165) is 12.1 Å². The number of phenols is 1. The van der Waals surface area contributed by atoms with E-state index in [2.05, 4.69) is 15.4 Å². The van der Waals surface area contributed by atoms with E-state index >= 15 is 0 Å². The minimum absolute atomic E-state index is 0.000289. The highest BCUT2D eigenvalue weighted by atomic mass is 16.6. The molecule has 0 radical (unpaired) electrons. The fourth-order valence-electron chi connectivity index (χ4n) is 4.04. The van der Waals surface area contributed by atoms with Gasteiger partial charge in [0.15, 0.2) is 11.6 Å². The summed E-state index contributed by atoms with van der Waals surface area (Å²) in [6.07, 6.45) is 1.86. The van der Waals surface area contributed by atoms with Gasteiger partial charge in [0.2, 0.25) is 5.95 Å². The molecule has 3 aromatic rings.